The molecule has 2 rings (SSSR count). The maximum Gasteiger partial charge on any atom is 0.407 e. The highest BCUT2D eigenvalue weighted by Gasteiger charge is 2.20. The molecule has 0 unspecified atom stereocenters. The summed E-state index contributed by atoms with van der Waals surface area (Å²) in [7, 11) is -3.17. The zero-order valence-corrected chi connectivity index (χ0v) is 11.4. The van der Waals surface area contributed by atoms with Crippen molar-refractivity contribution in [3.63, 3.8) is 0 Å². The Bertz CT molecular complexity index is 526. The fraction of sp³-hybridized carbons (Fsp3) is 0.364. The molecule has 18 heavy (non-hydrogen) atoms. The Kier molecular flexibility index (Phi) is 4.59. The molecular weight excluding hydrogens is 278 g/mol. The van der Waals surface area contributed by atoms with Gasteiger partial charge in [-0.25, -0.2) is 13.2 Å². The molecule has 1 aliphatic rings. The van der Waals surface area contributed by atoms with E-state index in [0.717, 1.165) is 11.8 Å². The van der Waals surface area contributed by atoms with Gasteiger partial charge in [-0.3, -0.25) is 0 Å². The van der Waals surface area contributed by atoms with Crippen LogP contribution in [0.1, 0.15) is 18.0 Å². The molecule has 0 bridgehead atoms. The van der Waals surface area contributed by atoms with Crippen molar-refractivity contribution >= 4 is 28.3 Å². The largest absolute Gasteiger partial charge is 0.449 e. The lowest BCUT2D eigenvalue weighted by Crippen LogP contribution is -2.35. The van der Waals surface area contributed by atoms with E-state index in [1.54, 1.807) is 24.3 Å². The fourth-order valence-electron chi connectivity index (χ4n) is 1.72. The summed E-state index contributed by atoms with van der Waals surface area (Å²) in [5.74, 6) is 0. The molecule has 1 fully saturated rings. The highest BCUT2D eigenvalue weighted by Crippen LogP contribution is 2.21. The average Bonchev–Trinajstić information content (AvgIpc) is 2.28. The summed E-state index contributed by atoms with van der Waals surface area (Å²) < 4.78 is 27.3. The quantitative estimate of drug-likeness (QED) is 0.900. The van der Waals surface area contributed by atoms with Crippen LogP contribution < -0.4 is 5.32 Å². The lowest BCUT2D eigenvalue weighted by molar-refractivity contribution is 0.115. The second kappa shape index (κ2) is 5.58. The maximum absolute atomic E-state index is 11.3. The van der Waals surface area contributed by atoms with Gasteiger partial charge in [-0.15, -0.1) is 12.4 Å². The van der Waals surface area contributed by atoms with Crippen molar-refractivity contribution in [2.45, 2.75) is 17.4 Å². The number of carbonyl (C=O) groups excluding carboxylic acids is 1. The predicted octanol–water partition coefficient (Wildman–Crippen LogP) is 1.68. The number of sulfone groups is 1. The number of halogens is 1. The standard InChI is InChI=1S/C11H13NO4S.ClH/c1-17(14,15)9-4-2-8(3-5-9)10-6-7-16-11(13)12-10;/h2-5,10H,6-7H2,1H3,(H,12,13);1H/t10-;/m0./s1. The number of hydrogen-bond donors (Lipinski definition) is 1. The number of rotatable bonds is 2. The van der Waals surface area contributed by atoms with Crippen molar-refractivity contribution in [1.29, 1.82) is 0 Å². The first-order valence-electron chi connectivity index (χ1n) is 5.20. The van der Waals surface area contributed by atoms with Gasteiger partial charge in [0.1, 0.15) is 0 Å². The molecule has 5 nitrogen and oxygen atoms in total. The summed E-state index contributed by atoms with van der Waals surface area (Å²) in [5, 5.41) is 2.68. The topological polar surface area (TPSA) is 72.5 Å². The van der Waals surface area contributed by atoms with E-state index < -0.39 is 15.9 Å². The summed E-state index contributed by atoms with van der Waals surface area (Å²) >= 11 is 0. The van der Waals surface area contributed by atoms with Gasteiger partial charge in [0.25, 0.3) is 0 Å². The van der Waals surface area contributed by atoms with Gasteiger partial charge in [0, 0.05) is 12.7 Å². The zero-order valence-electron chi connectivity index (χ0n) is 9.75. The Morgan fingerprint density at radius 3 is 2.39 bits per heavy atom. The molecular formula is C11H14ClNO4S. The van der Waals surface area contributed by atoms with Gasteiger partial charge in [-0.05, 0) is 17.7 Å². The maximum atomic E-state index is 11.3. The lowest BCUT2D eigenvalue weighted by Gasteiger charge is -2.23. The number of carbonyl (C=O) groups is 1. The van der Waals surface area contributed by atoms with Crippen molar-refractivity contribution < 1.29 is 17.9 Å². The molecule has 0 aromatic heterocycles. The molecule has 1 atom stereocenters. The summed E-state index contributed by atoms with van der Waals surface area (Å²) in [6.45, 7) is 0.379. The monoisotopic (exact) mass is 291 g/mol. The third-order valence-electron chi connectivity index (χ3n) is 2.64. The number of benzene rings is 1. The number of amides is 1. The van der Waals surface area contributed by atoms with Crippen molar-refractivity contribution in [2.75, 3.05) is 12.9 Å². The van der Waals surface area contributed by atoms with Crippen LogP contribution >= 0.6 is 12.4 Å². The molecule has 1 aliphatic heterocycles. The molecule has 1 N–H and O–H groups in total. The molecule has 0 radical (unpaired) electrons. The van der Waals surface area contributed by atoms with Crippen LogP contribution in [0.25, 0.3) is 0 Å². The minimum atomic E-state index is -3.17. The summed E-state index contributed by atoms with van der Waals surface area (Å²) in [4.78, 5) is 11.3. The molecule has 1 amide bonds. The molecule has 1 heterocycles. The van der Waals surface area contributed by atoms with Crippen LogP contribution in [0.2, 0.25) is 0 Å². The zero-order chi connectivity index (χ0) is 12.5. The van der Waals surface area contributed by atoms with Crippen molar-refractivity contribution in [3.8, 4) is 0 Å². The van der Waals surface area contributed by atoms with Gasteiger partial charge in [-0.2, -0.15) is 0 Å². The molecule has 1 aromatic carbocycles. The molecule has 0 aliphatic carbocycles. The molecule has 0 saturated carbocycles. The minimum absolute atomic E-state index is 0. The van der Waals surface area contributed by atoms with Crippen molar-refractivity contribution in [1.82, 2.24) is 5.32 Å². The van der Waals surface area contributed by atoms with Crippen LogP contribution in [0.4, 0.5) is 4.79 Å². The van der Waals surface area contributed by atoms with E-state index in [-0.39, 0.29) is 23.3 Å². The fourth-order valence-corrected chi connectivity index (χ4v) is 2.35. The van der Waals surface area contributed by atoms with Gasteiger partial charge >= 0.3 is 6.09 Å². The number of cyclic esters (lactones) is 1. The summed E-state index contributed by atoms with van der Waals surface area (Å²) in [6.07, 6.45) is 1.41. The normalized spacial score (nSPS) is 19.4. The first-order valence-corrected chi connectivity index (χ1v) is 7.09. The number of hydrogen-bond acceptors (Lipinski definition) is 4. The molecule has 7 heteroatoms. The smallest absolute Gasteiger partial charge is 0.407 e. The van der Waals surface area contributed by atoms with Gasteiger partial charge in [-0.1, -0.05) is 12.1 Å². The Morgan fingerprint density at radius 2 is 1.89 bits per heavy atom. The lowest BCUT2D eigenvalue weighted by atomic mass is 10.0. The van der Waals surface area contributed by atoms with E-state index >= 15 is 0 Å². The van der Waals surface area contributed by atoms with Gasteiger partial charge in [0.15, 0.2) is 9.84 Å². The number of alkyl carbamates (subject to hydrolysis) is 1. The Balaban J connectivity index is 0.00000162. The van der Waals surface area contributed by atoms with E-state index in [1.807, 2.05) is 0 Å². The Hall–Kier alpha value is -1.27. The van der Waals surface area contributed by atoms with Crippen LogP contribution in [-0.4, -0.2) is 27.4 Å². The first kappa shape index (κ1) is 14.8. The van der Waals surface area contributed by atoms with Crippen molar-refractivity contribution in [3.05, 3.63) is 29.8 Å². The Labute approximate surface area is 112 Å². The SMILES string of the molecule is CS(=O)(=O)c1ccc([C@@H]2CCOC(=O)N2)cc1.Cl. The van der Waals surface area contributed by atoms with Crippen molar-refractivity contribution in [2.24, 2.45) is 0 Å². The number of ether oxygens (including phenoxy) is 1. The van der Waals surface area contributed by atoms with Crippen LogP contribution in [0.3, 0.4) is 0 Å². The molecule has 1 saturated heterocycles. The van der Waals surface area contributed by atoms with Gasteiger partial charge in [0.2, 0.25) is 0 Å². The van der Waals surface area contributed by atoms with E-state index in [1.165, 1.54) is 0 Å². The predicted molar refractivity (Wildman–Crippen MR) is 68.6 cm³/mol. The van der Waals surface area contributed by atoms with E-state index in [2.05, 4.69) is 5.32 Å². The van der Waals surface area contributed by atoms with Crippen LogP contribution in [0, 0.1) is 0 Å². The first-order chi connectivity index (χ1) is 7.97. The third kappa shape index (κ3) is 3.36. The highest BCUT2D eigenvalue weighted by atomic mass is 35.5. The van der Waals surface area contributed by atoms with E-state index in [0.29, 0.717) is 13.0 Å². The van der Waals surface area contributed by atoms with E-state index in [4.69, 9.17) is 4.74 Å². The second-order valence-corrected chi connectivity index (χ2v) is 5.98. The minimum Gasteiger partial charge on any atom is -0.449 e. The number of nitrogens with one attached hydrogen (secondary N) is 1. The molecule has 1 aromatic rings. The summed E-state index contributed by atoms with van der Waals surface area (Å²) in [5.41, 5.74) is 0.883. The van der Waals surface area contributed by atoms with Crippen LogP contribution in [0.5, 0.6) is 0 Å². The van der Waals surface area contributed by atoms with Gasteiger partial charge in [0.05, 0.1) is 17.5 Å². The average molecular weight is 292 g/mol. The molecule has 100 valence electrons. The Morgan fingerprint density at radius 1 is 1.28 bits per heavy atom. The van der Waals surface area contributed by atoms with Crippen LogP contribution in [-0.2, 0) is 14.6 Å². The highest BCUT2D eigenvalue weighted by molar-refractivity contribution is 7.90. The molecule has 0 spiro atoms. The second-order valence-electron chi connectivity index (χ2n) is 3.96. The third-order valence-corrected chi connectivity index (χ3v) is 3.77. The summed E-state index contributed by atoms with van der Waals surface area (Å²) in [6, 6.07) is 6.42. The van der Waals surface area contributed by atoms with Gasteiger partial charge < -0.3 is 10.1 Å². The van der Waals surface area contributed by atoms with E-state index in [9.17, 15) is 13.2 Å². The van der Waals surface area contributed by atoms with Crippen LogP contribution in [0.15, 0.2) is 29.2 Å².